The van der Waals surface area contributed by atoms with Crippen molar-refractivity contribution in [2.24, 2.45) is 0 Å². The van der Waals surface area contributed by atoms with Crippen LogP contribution in [-0.2, 0) is 13.1 Å². The lowest BCUT2D eigenvalue weighted by Gasteiger charge is -2.21. The van der Waals surface area contributed by atoms with Crippen molar-refractivity contribution < 1.29 is 0 Å². The van der Waals surface area contributed by atoms with E-state index in [-0.39, 0.29) is 0 Å². The molecule has 0 amide bonds. The zero-order valence-corrected chi connectivity index (χ0v) is 14.3. The van der Waals surface area contributed by atoms with Crippen molar-refractivity contribution in [2.45, 2.75) is 19.5 Å². The van der Waals surface area contributed by atoms with Crippen molar-refractivity contribution in [3.8, 4) is 12.1 Å². The second kappa shape index (κ2) is 8.43. The van der Waals surface area contributed by atoms with Gasteiger partial charge >= 0.3 is 0 Å². The quantitative estimate of drug-likeness (QED) is 0.834. The van der Waals surface area contributed by atoms with E-state index in [2.05, 4.69) is 27.0 Å². The van der Waals surface area contributed by atoms with Gasteiger partial charge in [0.05, 0.1) is 29.9 Å². The first-order valence-electron chi connectivity index (χ1n) is 8.63. The third kappa shape index (κ3) is 4.90. The smallest absolute Gasteiger partial charge is 0.102 e. The lowest BCUT2D eigenvalue weighted by Crippen LogP contribution is -2.32. The molecule has 1 aliphatic heterocycles. The summed E-state index contributed by atoms with van der Waals surface area (Å²) >= 11 is 0. The van der Waals surface area contributed by atoms with E-state index in [1.807, 2.05) is 28.9 Å². The van der Waals surface area contributed by atoms with E-state index in [0.29, 0.717) is 11.1 Å². The second-order valence-corrected chi connectivity index (χ2v) is 6.38. The second-order valence-electron chi connectivity index (χ2n) is 6.38. The molecule has 0 aliphatic carbocycles. The normalized spacial score (nSPS) is 16.1. The van der Waals surface area contributed by atoms with Gasteiger partial charge in [-0.3, -0.25) is 9.58 Å². The van der Waals surface area contributed by atoms with Crippen LogP contribution >= 0.6 is 0 Å². The number of nitrogens with zero attached hydrogens (tertiary/aromatic N) is 6. The molecule has 0 atom stereocenters. The lowest BCUT2D eigenvalue weighted by atomic mass is 10.1. The molecule has 0 spiro atoms. The highest BCUT2D eigenvalue weighted by molar-refractivity contribution is 5.31. The Labute approximate surface area is 148 Å². The number of nitriles is 2. The van der Waals surface area contributed by atoms with Gasteiger partial charge in [-0.2, -0.15) is 15.6 Å². The average Bonchev–Trinajstić information content (AvgIpc) is 3.00. The molecule has 2 heterocycles. The molecule has 1 aromatic carbocycles. The van der Waals surface area contributed by atoms with Gasteiger partial charge < -0.3 is 4.90 Å². The molecule has 6 nitrogen and oxygen atoms in total. The summed E-state index contributed by atoms with van der Waals surface area (Å²) in [5.74, 6) is 0. The maximum atomic E-state index is 8.88. The molecule has 0 radical (unpaired) electrons. The van der Waals surface area contributed by atoms with Gasteiger partial charge in [-0.05, 0) is 37.2 Å². The average molecular weight is 334 g/mol. The molecule has 25 heavy (non-hydrogen) atoms. The summed E-state index contributed by atoms with van der Waals surface area (Å²) in [6.07, 6.45) is 4.57. The van der Waals surface area contributed by atoms with E-state index >= 15 is 0 Å². The largest absolute Gasteiger partial charge is 0.300 e. The molecule has 1 saturated heterocycles. The third-order valence-electron chi connectivity index (χ3n) is 4.58. The van der Waals surface area contributed by atoms with Crippen LogP contribution in [0.4, 0.5) is 0 Å². The predicted octanol–water partition coefficient (Wildman–Crippen LogP) is 1.83. The molecule has 6 heteroatoms. The minimum Gasteiger partial charge on any atom is -0.300 e. The molecule has 2 aromatic rings. The summed E-state index contributed by atoms with van der Waals surface area (Å²) < 4.78 is 1.85. The van der Waals surface area contributed by atoms with Crippen LogP contribution in [0.25, 0.3) is 0 Å². The molecule has 1 fully saturated rings. The Bertz CT molecular complexity index is 764. The van der Waals surface area contributed by atoms with Gasteiger partial charge in [0.25, 0.3) is 0 Å². The van der Waals surface area contributed by atoms with Crippen LogP contribution in [0.2, 0.25) is 0 Å². The molecule has 3 rings (SSSR count). The van der Waals surface area contributed by atoms with Crippen molar-refractivity contribution >= 4 is 0 Å². The lowest BCUT2D eigenvalue weighted by molar-refractivity contribution is 0.244. The van der Waals surface area contributed by atoms with Gasteiger partial charge in [-0.1, -0.05) is 12.1 Å². The zero-order valence-electron chi connectivity index (χ0n) is 14.3. The Morgan fingerprint density at radius 3 is 2.32 bits per heavy atom. The van der Waals surface area contributed by atoms with E-state index in [0.717, 1.165) is 52.2 Å². The van der Waals surface area contributed by atoms with Crippen molar-refractivity contribution in [3.63, 3.8) is 0 Å². The van der Waals surface area contributed by atoms with Gasteiger partial charge in [-0.15, -0.1) is 0 Å². The van der Waals surface area contributed by atoms with Crippen LogP contribution in [0.1, 0.15) is 23.1 Å². The summed E-state index contributed by atoms with van der Waals surface area (Å²) in [6.45, 7) is 6.98. The first-order chi connectivity index (χ1) is 12.3. The number of benzene rings is 1. The van der Waals surface area contributed by atoms with E-state index in [1.54, 1.807) is 12.4 Å². The Morgan fingerprint density at radius 2 is 1.60 bits per heavy atom. The molecular formula is C19H22N6. The van der Waals surface area contributed by atoms with Crippen LogP contribution in [0.15, 0.2) is 36.7 Å². The topological polar surface area (TPSA) is 71.9 Å². The minimum absolute atomic E-state index is 0.615. The van der Waals surface area contributed by atoms with Crippen LogP contribution in [0.5, 0.6) is 0 Å². The standard InChI is InChI=1S/C19H22N6/c20-12-17-2-4-18(5-3-17)15-24-7-1-6-23(8-9-24)10-11-25-16-19(13-21)14-22-25/h2-5,14,16H,1,6-11,15H2. The highest BCUT2D eigenvalue weighted by Crippen LogP contribution is 2.10. The SMILES string of the molecule is N#Cc1ccc(CN2CCCN(CCn3cc(C#N)cn3)CC2)cc1. The molecule has 0 saturated carbocycles. The maximum absolute atomic E-state index is 8.88. The first kappa shape index (κ1) is 17.2. The number of hydrogen-bond donors (Lipinski definition) is 0. The van der Waals surface area contributed by atoms with Crippen molar-refractivity contribution in [1.29, 1.82) is 10.5 Å². The number of rotatable bonds is 5. The van der Waals surface area contributed by atoms with Gasteiger partial charge in [0, 0.05) is 32.4 Å². The zero-order chi connectivity index (χ0) is 17.5. The number of hydrogen-bond acceptors (Lipinski definition) is 5. The van der Waals surface area contributed by atoms with Crippen LogP contribution in [0, 0.1) is 22.7 Å². The van der Waals surface area contributed by atoms with Crippen molar-refractivity contribution in [1.82, 2.24) is 19.6 Å². The van der Waals surface area contributed by atoms with Gasteiger partial charge in [0.15, 0.2) is 0 Å². The van der Waals surface area contributed by atoms with Crippen LogP contribution < -0.4 is 0 Å². The number of aromatic nitrogens is 2. The summed E-state index contributed by atoms with van der Waals surface area (Å²) in [4.78, 5) is 4.94. The minimum atomic E-state index is 0.615. The highest BCUT2D eigenvalue weighted by Gasteiger charge is 2.15. The Kier molecular flexibility index (Phi) is 5.79. The molecule has 0 bridgehead atoms. The predicted molar refractivity (Wildman–Crippen MR) is 94.4 cm³/mol. The molecule has 1 aromatic heterocycles. The van der Waals surface area contributed by atoms with Crippen molar-refractivity contribution in [2.75, 3.05) is 32.7 Å². The highest BCUT2D eigenvalue weighted by atomic mass is 15.3. The van der Waals surface area contributed by atoms with Gasteiger partial charge in [0.2, 0.25) is 0 Å². The molecule has 1 aliphatic rings. The maximum Gasteiger partial charge on any atom is 0.102 e. The van der Waals surface area contributed by atoms with Gasteiger partial charge in [-0.25, -0.2) is 0 Å². The van der Waals surface area contributed by atoms with E-state index in [4.69, 9.17) is 10.5 Å². The van der Waals surface area contributed by atoms with E-state index in [1.165, 1.54) is 5.56 Å². The molecule has 0 N–H and O–H groups in total. The fourth-order valence-electron chi connectivity index (χ4n) is 3.14. The van der Waals surface area contributed by atoms with E-state index < -0.39 is 0 Å². The van der Waals surface area contributed by atoms with Crippen LogP contribution in [0.3, 0.4) is 0 Å². The van der Waals surface area contributed by atoms with Crippen LogP contribution in [-0.4, -0.2) is 52.3 Å². The summed E-state index contributed by atoms with van der Waals surface area (Å²) in [5.41, 5.74) is 2.58. The fourth-order valence-corrected chi connectivity index (χ4v) is 3.14. The summed E-state index contributed by atoms with van der Waals surface area (Å²) in [7, 11) is 0. The first-order valence-corrected chi connectivity index (χ1v) is 8.63. The van der Waals surface area contributed by atoms with E-state index in [9.17, 15) is 0 Å². The van der Waals surface area contributed by atoms with Crippen molar-refractivity contribution in [3.05, 3.63) is 53.3 Å². The monoisotopic (exact) mass is 334 g/mol. The van der Waals surface area contributed by atoms with Gasteiger partial charge in [0.1, 0.15) is 6.07 Å². The Balaban J connectivity index is 1.46. The molecular weight excluding hydrogens is 312 g/mol. The Hall–Kier alpha value is -2.67. The molecule has 0 unspecified atom stereocenters. The Morgan fingerprint density at radius 1 is 0.880 bits per heavy atom. The summed E-state index contributed by atoms with van der Waals surface area (Å²) in [5, 5.41) is 21.9. The third-order valence-corrected chi connectivity index (χ3v) is 4.58. The summed E-state index contributed by atoms with van der Waals surface area (Å²) in [6, 6.07) is 12.1. The molecule has 128 valence electrons. The fraction of sp³-hybridized carbons (Fsp3) is 0.421.